The Morgan fingerprint density at radius 3 is 2.90 bits per heavy atom. The van der Waals surface area contributed by atoms with Gasteiger partial charge in [0.1, 0.15) is 12.0 Å². The summed E-state index contributed by atoms with van der Waals surface area (Å²) in [6, 6.07) is 1.88. The molecule has 6 nitrogen and oxygen atoms in total. The number of nitrogens with two attached hydrogens (primary N) is 1. The molecule has 0 spiro atoms. The van der Waals surface area contributed by atoms with E-state index in [1.54, 1.807) is 0 Å². The lowest BCUT2D eigenvalue weighted by molar-refractivity contribution is -0.385. The summed E-state index contributed by atoms with van der Waals surface area (Å²) in [5.74, 6) is 1.24. The first-order valence-electron chi connectivity index (χ1n) is 6.85. The van der Waals surface area contributed by atoms with Gasteiger partial charge in [-0.25, -0.2) is 4.98 Å². The van der Waals surface area contributed by atoms with Crippen LogP contribution in [0.1, 0.15) is 26.2 Å². The van der Waals surface area contributed by atoms with Crippen LogP contribution in [0.15, 0.2) is 16.7 Å². The number of hydrogen-bond acceptors (Lipinski definition) is 5. The molecule has 20 heavy (non-hydrogen) atoms. The minimum Gasteiger partial charge on any atom is -0.353 e. The smallest absolute Gasteiger partial charge is 0.288 e. The summed E-state index contributed by atoms with van der Waals surface area (Å²) >= 11 is 3.41. The first-order chi connectivity index (χ1) is 9.58. The molecular weight excluding hydrogens is 324 g/mol. The highest BCUT2D eigenvalue weighted by Gasteiger charge is 2.32. The Hall–Kier alpha value is -1.21. The third kappa shape index (κ3) is 2.93. The van der Waals surface area contributed by atoms with Gasteiger partial charge in [0.2, 0.25) is 0 Å². The zero-order valence-corrected chi connectivity index (χ0v) is 13.0. The molecule has 1 aliphatic carbocycles. The molecule has 0 radical (unpaired) electrons. The van der Waals surface area contributed by atoms with Gasteiger partial charge in [-0.15, -0.1) is 0 Å². The van der Waals surface area contributed by atoms with E-state index in [9.17, 15) is 10.1 Å². The van der Waals surface area contributed by atoms with Crippen molar-refractivity contribution in [1.29, 1.82) is 0 Å². The average Bonchev–Trinajstić information content (AvgIpc) is 2.89. The predicted octanol–water partition coefficient (Wildman–Crippen LogP) is 2.71. The van der Waals surface area contributed by atoms with Crippen molar-refractivity contribution in [3.05, 3.63) is 26.9 Å². The van der Waals surface area contributed by atoms with Crippen molar-refractivity contribution in [2.24, 2.45) is 11.7 Å². The molecule has 2 N–H and O–H groups in total. The van der Waals surface area contributed by atoms with Crippen molar-refractivity contribution >= 4 is 27.4 Å². The summed E-state index contributed by atoms with van der Waals surface area (Å²) < 4.78 is 0.663. The summed E-state index contributed by atoms with van der Waals surface area (Å²) in [6.45, 7) is 3.55. The van der Waals surface area contributed by atoms with Crippen LogP contribution in [0.2, 0.25) is 0 Å². The third-order valence-electron chi connectivity index (χ3n) is 3.95. The lowest BCUT2D eigenvalue weighted by Crippen LogP contribution is -2.41. The molecule has 110 valence electrons. The maximum absolute atomic E-state index is 10.8. The van der Waals surface area contributed by atoms with E-state index >= 15 is 0 Å². The van der Waals surface area contributed by atoms with Gasteiger partial charge in [-0.3, -0.25) is 10.1 Å². The molecule has 2 unspecified atom stereocenters. The first-order valence-corrected chi connectivity index (χ1v) is 7.64. The summed E-state index contributed by atoms with van der Waals surface area (Å²) in [4.78, 5) is 16.8. The number of hydrogen-bond donors (Lipinski definition) is 1. The van der Waals surface area contributed by atoms with Crippen LogP contribution >= 0.6 is 15.9 Å². The van der Waals surface area contributed by atoms with Crippen molar-refractivity contribution in [3.63, 3.8) is 0 Å². The van der Waals surface area contributed by atoms with E-state index < -0.39 is 4.92 Å². The van der Waals surface area contributed by atoms with Crippen LogP contribution in [0.4, 0.5) is 11.5 Å². The fourth-order valence-corrected chi connectivity index (χ4v) is 3.54. The van der Waals surface area contributed by atoms with Gasteiger partial charge < -0.3 is 10.6 Å². The van der Waals surface area contributed by atoms with Gasteiger partial charge in [0.15, 0.2) is 0 Å². The Labute approximate surface area is 126 Å². The number of nitrogens with zero attached hydrogens (tertiary/aromatic N) is 3. The molecular formula is C13H19BrN4O2. The second-order valence-corrected chi connectivity index (χ2v) is 5.89. The van der Waals surface area contributed by atoms with Crippen molar-refractivity contribution < 1.29 is 4.92 Å². The molecule has 1 aliphatic rings. The topological polar surface area (TPSA) is 85.3 Å². The van der Waals surface area contributed by atoms with Crippen LogP contribution in [0.3, 0.4) is 0 Å². The quantitative estimate of drug-likeness (QED) is 0.656. The first kappa shape index (κ1) is 15.2. The Bertz CT molecular complexity index is 497. The van der Waals surface area contributed by atoms with Gasteiger partial charge >= 0.3 is 0 Å². The van der Waals surface area contributed by atoms with E-state index in [-0.39, 0.29) is 5.69 Å². The monoisotopic (exact) mass is 342 g/mol. The molecule has 0 aliphatic heterocycles. The highest BCUT2D eigenvalue weighted by molar-refractivity contribution is 9.10. The second kappa shape index (κ2) is 6.49. The van der Waals surface area contributed by atoms with Crippen molar-refractivity contribution in [1.82, 2.24) is 4.98 Å². The number of halogens is 1. The summed E-state index contributed by atoms with van der Waals surface area (Å²) in [5.41, 5.74) is 5.85. The number of aromatic nitrogens is 1. The summed E-state index contributed by atoms with van der Waals surface area (Å²) in [7, 11) is 0. The highest BCUT2D eigenvalue weighted by Crippen LogP contribution is 2.35. The molecule has 1 aromatic heterocycles. The molecule has 1 fully saturated rings. The molecule has 0 bridgehead atoms. The molecule has 1 saturated carbocycles. The standard InChI is InChI=1S/C13H19BrN4O2/c1-2-17(12-5-3-4-9(12)7-15)13-11(14)6-10(8-16-13)18(19)20/h6,8-9,12H,2-5,7,15H2,1H3. The minimum atomic E-state index is -0.434. The summed E-state index contributed by atoms with van der Waals surface area (Å²) in [6.07, 6.45) is 4.73. The van der Waals surface area contributed by atoms with Gasteiger partial charge in [0, 0.05) is 18.7 Å². The molecule has 0 amide bonds. The Morgan fingerprint density at radius 1 is 1.60 bits per heavy atom. The predicted molar refractivity (Wildman–Crippen MR) is 81.8 cm³/mol. The largest absolute Gasteiger partial charge is 0.353 e. The van der Waals surface area contributed by atoms with Crippen LogP contribution in [-0.2, 0) is 0 Å². The van der Waals surface area contributed by atoms with Gasteiger partial charge in [-0.1, -0.05) is 6.42 Å². The van der Waals surface area contributed by atoms with Crippen molar-refractivity contribution in [2.45, 2.75) is 32.2 Å². The van der Waals surface area contributed by atoms with E-state index in [0.717, 1.165) is 25.2 Å². The van der Waals surface area contributed by atoms with Gasteiger partial charge in [0.05, 0.1) is 9.40 Å². The van der Waals surface area contributed by atoms with Crippen LogP contribution in [0, 0.1) is 16.0 Å². The van der Waals surface area contributed by atoms with E-state index in [1.807, 2.05) is 0 Å². The molecule has 1 heterocycles. The molecule has 1 aromatic rings. The van der Waals surface area contributed by atoms with Crippen LogP contribution in [0.25, 0.3) is 0 Å². The lowest BCUT2D eigenvalue weighted by Gasteiger charge is -2.33. The molecule has 7 heteroatoms. The fraction of sp³-hybridized carbons (Fsp3) is 0.615. The highest BCUT2D eigenvalue weighted by atomic mass is 79.9. The average molecular weight is 343 g/mol. The SMILES string of the molecule is CCN(c1ncc([N+](=O)[O-])cc1Br)C1CCCC1CN. The normalized spacial score (nSPS) is 21.9. The zero-order chi connectivity index (χ0) is 14.7. The van der Waals surface area contributed by atoms with Crippen molar-refractivity contribution in [3.8, 4) is 0 Å². The Morgan fingerprint density at radius 2 is 2.35 bits per heavy atom. The van der Waals surface area contributed by atoms with Gasteiger partial charge in [-0.2, -0.15) is 0 Å². The molecule has 2 rings (SSSR count). The second-order valence-electron chi connectivity index (χ2n) is 5.04. The maximum atomic E-state index is 10.8. The number of rotatable bonds is 5. The number of pyridine rings is 1. The maximum Gasteiger partial charge on any atom is 0.288 e. The van der Waals surface area contributed by atoms with E-state index in [1.165, 1.54) is 18.7 Å². The van der Waals surface area contributed by atoms with Crippen LogP contribution in [0.5, 0.6) is 0 Å². The summed E-state index contributed by atoms with van der Waals surface area (Å²) in [5, 5.41) is 10.8. The third-order valence-corrected chi connectivity index (χ3v) is 4.54. The fourth-order valence-electron chi connectivity index (χ4n) is 2.98. The number of anilines is 1. The van der Waals surface area contributed by atoms with Gasteiger partial charge in [-0.05, 0) is 48.2 Å². The van der Waals surface area contributed by atoms with Crippen LogP contribution < -0.4 is 10.6 Å². The van der Waals surface area contributed by atoms with Gasteiger partial charge in [0.25, 0.3) is 5.69 Å². The van der Waals surface area contributed by atoms with E-state index in [0.29, 0.717) is 23.0 Å². The lowest BCUT2D eigenvalue weighted by atomic mass is 10.0. The molecule has 2 atom stereocenters. The minimum absolute atomic E-state index is 0.00141. The molecule has 0 aromatic carbocycles. The molecule has 0 saturated heterocycles. The Kier molecular flexibility index (Phi) is 4.93. The van der Waals surface area contributed by atoms with Crippen molar-refractivity contribution in [2.75, 3.05) is 18.0 Å². The van der Waals surface area contributed by atoms with E-state index in [4.69, 9.17) is 5.73 Å². The Balaban J connectivity index is 2.30. The van der Waals surface area contributed by atoms with E-state index in [2.05, 4.69) is 32.7 Å². The van der Waals surface area contributed by atoms with Crippen LogP contribution in [-0.4, -0.2) is 29.0 Å². The zero-order valence-electron chi connectivity index (χ0n) is 11.5. The number of nitro groups is 1.